The molecule has 2 aromatic rings. The number of rotatable bonds is 7. The third-order valence-corrected chi connectivity index (χ3v) is 2.92. The molecule has 2 rings (SSSR count). The van der Waals surface area contributed by atoms with Crippen molar-refractivity contribution in [3.05, 3.63) is 36.0 Å². The lowest BCUT2D eigenvalue weighted by Gasteiger charge is -2.08. The summed E-state index contributed by atoms with van der Waals surface area (Å²) in [4.78, 5) is 19.7. The number of aromatic carboxylic acids is 1. The van der Waals surface area contributed by atoms with E-state index in [0.717, 1.165) is 24.3 Å². The summed E-state index contributed by atoms with van der Waals surface area (Å²) < 4.78 is 5.39. The SMILES string of the molecule is CCCNc1cc(C(=O)O)nc(-c2ccc(OCC)cc2)n1. The number of carboxylic acids is 1. The smallest absolute Gasteiger partial charge is 0.354 e. The molecule has 0 amide bonds. The number of nitrogens with one attached hydrogen (secondary N) is 1. The maximum Gasteiger partial charge on any atom is 0.354 e. The van der Waals surface area contributed by atoms with Gasteiger partial charge in [-0.3, -0.25) is 0 Å². The molecule has 0 aliphatic rings. The highest BCUT2D eigenvalue weighted by Gasteiger charge is 2.11. The normalized spacial score (nSPS) is 10.3. The maximum absolute atomic E-state index is 11.2. The molecule has 0 spiro atoms. The Labute approximate surface area is 129 Å². The number of hydrogen-bond donors (Lipinski definition) is 2. The Morgan fingerprint density at radius 1 is 1.23 bits per heavy atom. The van der Waals surface area contributed by atoms with E-state index >= 15 is 0 Å². The van der Waals surface area contributed by atoms with Gasteiger partial charge < -0.3 is 15.2 Å². The minimum Gasteiger partial charge on any atom is -0.494 e. The first kappa shape index (κ1) is 15.8. The van der Waals surface area contributed by atoms with Crippen molar-refractivity contribution in [1.29, 1.82) is 0 Å². The van der Waals surface area contributed by atoms with Crippen molar-refractivity contribution in [1.82, 2.24) is 9.97 Å². The maximum atomic E-state index is 11.2. The molecule has 2 N–H and O–H groups in total. The van der Waals surface area contributed by atoms with Crippen molar-refractivity contribution < 1.29 is 14.6 Å². The molecule has 1 heterocycles. The van der Waals surface area contributed by atoms with Crippen LogP contribution < -0.4 is 10.1 Å². The first-order valence-electron chi connectivity index (χ1n) is 7.23. The fraction of sp³-hybridized carbons (Fsp3) is 0.312. The third kappa shape index (κ3) is 3.94. The van der Waals surface area contributed by atoms with E-state index < -0.39 is 5.97 Å². The van der Waals surface area contributed by atoms with Crippen molar-refractivity contribution in [3.63, 3.8) is 0 Å². The number of carboxylic acid groups (broad SMARTS) is 1. The van der Waals surface area contributed by atoms with Gasteiger partial charge in [-0.2, -0.15) is 0 Å². The van der Waals surface area contributed by atoms with Gasteiger partial charge in [-0.05, 0) is 37.6 Å². The van der Waals surface area contributed by atoms with Gasteiger partial charge >= 0.3 is 5.97 Å². The van der Waals surface area contributed by atoms with Crippen LogP contribution >= 0.6 is 0 Å². The highest BCUT2D eigenvalue weighted by atomic mass is 16.5. The summed E-state index contributed by atoms with van der Waals surface area (Å²) in [5, 5.41) is 12.3. The van der Waals surface area contributed by atoms with Crippen LogP contribution in [0.25, 0.3) is 11.4 Å². The Balaban J connectivity index is 2.35. The molecule has 0 fully saturated rings. The molecule has 0 bridgehead atoms. The molecule has 0 aliphatic carbocycles. The second kappa shape index (κ2) is 7.40. The van der Waals surface area contributed by atoms with E-state index in [1.807, 2.05) is 38.1 Å². The van der Waals surface area contributed by atoms with Gasteiger partial charge in [0.15, 0.2) is 11.5 Å². The van der Waals surface area contributed by atoms with Gasteiger partial charge in [0.25, 0.3) is 0 Å². The second-order valence-corrected chi connectivity index (χ2v) is 4.65. The van der Waals surface area contributed by atoms with Crippen LogP contribution in [-0.4, -0.2) is 34.2 Å². The van der Waals surface area contributed by atoms with E-state index in [1.54, 1.807) is 0 Å². The van der Waals surface area contributed by atoms with Gasteiger partial charge in [0.2, 0.25) is 0 Å². The fourth-order valence-electron chi connectivity index (χ4n) is 1.90. The first-order valence-corrected chi connectivity index (χ1v) is 7.23. The molecule has 0 radical (unpaired) electrons. The first-order chi connectivity index (χ1) is 10.6. The quantitative estimate of drug-likeness (QED) is 0.817. The average molecular weight is 301 g/mol. The largest absolute Gasteiger partial charge is 0.494 e. The molecular formula is C16H19N3O3. The lowest BCUT2D eigenvalue weighted by atomic mass is 10.2. The van der Waals surface area contributed by atoms with Crippen LogP contribution in [0.15, 0.2) is 30.3 Å². The van der Waals surface area contributed by atoms with Gasteiger partial charge in [-0.15, -0.1) is 0 Å². The van der Waals surface area contributed by atoms with Crippen LogP contribution in [-0.2, 0) is 0 Å². The van der Waals surface area contributed by atoms with Gasteiger partial charge in [0, 0.05) is 18.2 Å². The Morgan fingerprint density at radius 2 is 1.95 bits per heavy atom. The molecular weight excluding hydrogens is 282 g/mol. The molecule has 0 aliphatic heterocycles. The summed E-state index contributed by atoms with van der Waals surface area (Å²) in [6.45, 7) is 5.26. The topological polar surface area (TPSA) is 84.3 Å². The number of benzene rings is 1. The van der Waals surface area contributed by atoms with Gasteiger partial charge in [-0.25, -0.2) is 14.8 Å². The zero-order valence-corrected chi connectivity index (χ0v) is 12.7. The zero-order chi connectivity index (χ0) is 15.9. The zero-order valence-electron chi connectivity index (χ0n) is 12.7. The number of hydrogen-bond acceptors (Lipinski definition) is 5. The molecule has 0 unspecified atom stereocenters. The molecule has 0 saturated carbocycles. The molecule has 0 atom stereocenters. The second-order valence-electron chi connectivity index (χ2n) is 4.65. The molecule has 116 valence electrons. The Morgan fingerprint density at radius 3 is 2.55 bits per heavy atom. The van der Waals surface area contributed by atoms with E-state index in [0.29, 0.717) is 18.2 Å². The summed E-state index contributed by atoms with van der Waals surface area (Å²) in [7, 11) is 0. The third-order valence-electron chi connectivity index (χ3n) is 2.92. The average Bonchev–Trinajstić information content (AvgIpc) is 2.53. The van der Waals surface area contributed by atoms with Crippen molar-refractivity contribution in [2.75, 3.05) is 18.5 Å². The Bertz CT molecular complexity index is 642. The number of anilines is 1. The molecule has 1 aromatic carbocycles. The van der Waals surface area contributed by atoms with Crippen molar-refractivity contribution in [2.45, 2.75) is 20.3 Å². The van der Waals surface area contributed by atoms with Crippen molar-refractivity contribution >= 4 is 11.8 Å². The molecule has 6 heteroatoms. The minimum absolute atomic E-state index is 0.0301. The predicted molar refractivity (Wildman–Crippen MR) is 84.4 cm³/mol. The molecule has 0 saturated heterocycles. The minimum atomic E-state index is -1.07. The van der Waals surface area contributed by atoms with Gasteiger partial charge in [0.1, 0.15) is 11.6 Å². The molecule has 6 nitrogen and oxygen atoms in total. The van der Waals surface area contributed by atoms with E-state index in [1.165, 1.54) is 6.07 Å². The van der Waals surface area contributed by atoms with Gasteiger partial charge in [-0.1, -0.05) is 6.92 Å². The summed E-state index contributed by atoms with van der Waals surface area (Å²) in [5.74, 6) is 0.568. The summed E-state index contributed by atoms with van der Waals surface area (Å²) >= 11 is 0. The van der Waals surface area contributed by atoms with Crippen LogP contribution in [0.3, 0.4) is 0 Å². The van der Waals surface area contributed by atoms with Crippen LogP contribution in [0.5, 0.6) is 5.75 Å². The van der Waals surface area contributed by atoms with Gasteiger partial charge in [0.05, 0.1) is 6.61 Å². The highest BCUT2D eigenvalue weighted by molar-refractivity contribution is 5.87. The Hall–Kier alpha value is -2.63. The van der Waals surface area contributed by atoms with E-state index in [9.17, 15) is 9.90 Å². The van der Waals surface area contributed by atoms with Crippen LogP contribution in [0.4, 0.5) is 5.82 Å². The molecule has 22 heavy (non-hydrogen) atoms. The summed E-state index contributed by atoms with van der Waals surface area (Å²) in [5.41, 5.74) is 0.712. The predicted octanol–water partition coefficient (Wildman–Crippen LogP) is 3.06. The van der Waals surface area contributed by atoms with Crippen molar-refractivity contribution in [3.8, 4) is 17.1 Å². The highest BCUT2D eigenvalue weighted by Crippen LogP contribution is 2.21. The van der Waals surface area contributed by atoms with Crippen molar-refractivity contribution in [2.24, 2.45) is 0 Å². The van der Waals surface area contributed by atoms with E-state index in [-0.39, 0.29) is 5.69 Å². The molecule has 1 aromatic heterocycles. The van der Waals surface area contributed by atoms with Crippen LogP contribution in [0, 0.1) is 0 Å². The number of nitrogens with zero attached hydrogens (tertiary/aromatic N) is 2. The van der Waals surface area contributed by atoms with Crippen LogP contribution in [0.1, 0.15) is 30.8 Å². The number of ether oxygens (including phenoxy) is 1. The van der Waals surface area contributed by atoms with E-state index in [4.69, 9.17) is 4.74 Å². The lowest BCUT2D eigenvalue weighted by Crippen LogP contribution is -2.08. The summed E-state index contributed by atoms with van der Waals surface area (Å²) in [6.07, 6.45) is 0.921. The number of carbonyl (C=O) groups is 1. The Kier molecular flexibility index (Phi) is 5.30. The lowest BCUT2D eigenvalue weighted by molar-refractivity contribution is 0.0690. The summed E-state index contributed by atoms with van der Waals surface area (Å²) in [6, 6.07) is 8.70. The van der Waals surface area contributed by atoms with Crippen LogP contribution in [0.2, 0.25) is 0 Å². The monoisotopic (exact) mass is 301 g/mol. The standard InChI is InChI=1S/C16H19N3O3/c1-3-9-17-14-10-13(16(20)21)18-15(19-14)11-5-7-12(8-6-11)22-4-2/h5-8,10H,3-4,9H2,1-2H3,(H,20,21)(H,17,18,19). The number of aromatic nitrogens is 2. The van der Waals surface area contributed by atoms with E-state index in [2.05, 4.69) is 15.3 Å². The fourth-order valence-corrected chi connectivity index (χ4v) is 1.90.